The maximum absolute atomic E-state index is 5.79. The van der Waals surface area contributed by atoms with Gasteiger partial charge in [0, 0.05) is 44.5 Å². The van der Waals surface area contributed by atoms with Gasteiger partial charge in [-0.1, -0.05) is 0 Å². The number of aromatic nitrogens is 2. The Balaban J connectivity index is 1.68. The SMILES string of the molecule is CN(CCc1ccnn1C)CC1CC(N)C1. The fourth-order valence-electron chi connectivity index (χ4n) is 2.42. The maximum atomic E-state index is 5.79. The molecule has 4 nitrogen and oxygen atoms in total. The lowest BCUT2D eigenvalue weighted by atomic mass is 9.80. The van der Waals surface area contributed by atoms with Crippen LogP contribution < -0.4 is 5.73 Å². The highest BCUT2D eigenvalue weighted by Gasteiger charge is 2.26. The van der Waals surface area contributed by atoms with E-state index in [-0.39, 0.29) is 0 Å². The molecule has 1 aliphatic carbocycles. The van der Waals surface area contributed by atoms with E-state index in [1.807, 2.05) is 17.9 Å². The van der Waals surface area contributed by atoms with Crippen LogP contribution in [0, 0.1) is 5.92 Å². The molecule has 1 fully saturated rings. The molecule has 1 heterocycles. The Morgan fingerprint density at radius 1 is 1.56 bits per heavy atom. The van der Waals surface area contributed by atoms with E-state index in [9.17, 15) is 0 Å². The summed E-state index contributed by atoms with van der Waals surface area (Å²) in [5.74, 6) is 0.825. The van der Waals surface area contributed by atoms with Crippen molar-refractivity contribution < 1.29 is 0 Å². The Hall–Kier alpha value is -0.870. The van der Waals surface area contributed by atoms with Crippen molar-refractivity contribution in [1.82, 2.24) is 14.7 Å². The molecule has 1 aromatic rings. The monoisotopic (exact) mass is 222 g/mol. The van der Waals surface area contributed by atoms with Gasteiger partial charge in [0.2, 0.25) is 0 Å². The quantitative estimate of drug-likeness (QED) is 0.795. The molecule has 4 heteroatoms. The van der Waals surface area contributed by atoms with E-state index in [0.29, 0.717) is 6.04 Å². The number of rotatable bonds is 5. The van der Waals surface area contributed by atoms with Crippen molar-refractivity contribution in [3.8, 4) is 0 Å². The van der Waals surface area contributed by atoms with Gasteiger partial charge in [-0.2, -0.15) is 5.10 Å². The van der Waals surface area contributed by atoms with Crippen LogP contribution in [0.25, 0.3) is 0 Å². The highest BCUT2D eigenvalue weighted by atomic mass is 15.3. The third-order valence-electron chi connectivity index (χ3n) is 3.51. The molecule has 0 radical (unpaired) electrons. The fourth-order valence-corrected chi connectivity index (χ4v) is 2.42. The summed E-state index contributed by atoms with van der Waals surface area (Å²) in [6.45, 7) is 2.29. The van der Waals surface area contributed by atoms with Crippen molar-refractivity contribution in [3.63, 3.8) is 0 Å². The summed E-state index contributed by atoms with van der Waals surface area (Å²) in [7, 11) is 4.19. The van der Waals surface area contributed by atoms with Gasteiger partial charge in [0.05, 0.1) is 0 Å². The molecule has 0 amide bonds. The largest absolute Gasteiger partial charge is 0.328 e. The predicted molar refractivity (Wildman–Crippen MR) is 65.1 cm³/mol. The van der Waals surface area contributed by atoms with Crippen LogP contribution in [-0.4, -0.2) is 40.9 Å². The van der Waals surface area contributed by atoms with Crippen molar-refractivity contribution in [3.05, 3.63) is 18.0 Å². The summed E-state index contributed by atoms with van der Waals surface area (Å²) in [4.78, 5) is 2.41. The first-order valence-corrected chi connectivity index (χ1v) is 6.06. The average Bonchev–Trinajstić information content (AvgIpc) is 2.59. The Kier molecular flexibility index (Phi) is 3.61. The molecule has 0 unspecified atom stereocenters. The average molecular weight is 222 g/mol. The van der Waals surface area contributed by atoms with Crippen LogP contribution >= 0.6 is 0 Å². The predicted octanol–water partition coefficient (Wildman–Crippen LogP) is 0.632. The second-order valence-electron chi connectivity index (χ2n) is 5.06. The fraction of sp³-hybridized carbons (Fsp3) is 0.750. The molecule has 1 saturated carbocycles. The van der Waals surface area contributed by atoms with Crippen molar-refractivity contribution in [2.45, 2.75) is 25.3 Å². The van der Waals surface area contributed by atoms with Gasteiger partial charge >= 0.3 is 0 Å². The van der Waals surface area contributed by atoms with Crippen molar-refractivity contribution in [2.75, 3.05) is 20.1 Å². The molecular weight excluding hydrogens is 200 g/mol. The molecule has 2 N–H and O–H groups in total. The highest BCUT2D eigenvalue weighted by Crippen LogP contribution is 2.25. The molecule has 0 atom stereocenters. The summed E-state index contributed by atoms with van der Waals surface area (Å²) in [6.07, 6.45) is 5.35. The van der Waals surface area contributed by atoms with Crippen LogP contribution in [0.5, 0.6) is 0 Å². The lowest BCUT2D eigenvalue weighted by Gasteiger charge is -2.35. The Morgan fingerprint density at radius 2 is 2.31 bits per heavy atom. The van der Waals surface area contributed by atoms with Gasteiger partial charge in [0.1, 0.15) is 0 Å². The summed E-state index contributed by atoms with van der Waals surface area (Å²) >= 11 is 0. The van der Waals surface area contributed by atoms with Crippen LogP contribution in [0.3, 0.4) is 0 Å². The molecule has 0 saturated heterocycles. The van der Waals surface area contributed by atoms with E-state index in [1.165, 1.54) is 25.1 Å². The first-order chi connectivity index (χ1) is 7.65. The Morgan fingerprint density at radius 3 is 2.88 bits per heavy atom. The summed E-state index contributed by atoms with van der Waals surface area (Å²) in [5.41, 5.74) is 7.09. The lowest BCUT2D eigenvalue weighted by molar-refractivity contribution is 0.183. The summed E-state index contributed by atoms with van der Waals surface area (Å²) in [5, 5.41) is 4.17. The number of hydrogen-bond acceptors (Lipinski definition) is 3. The van der Waals surface area contributed by atoms with Crippen molar-refractivity contribution >= 4 is 0 Å². The van der Waals surface area contributed by atoms with Crippen LogP contribution in [0.4, 0.5) is 0 Å². The number of hydrogen-bond donors (Lipinski definition) is 1. The van der Waals surface area contributed by atoms with E-state index < -0.39 is 0 Å². The normalized spacial score (nSPS) is 24.8. The van der Waals surface area contributed by atoms with Gasteiger partial charge in [0.15, 0.2) is 0 Å². The molecule has 16 heavy (non-hydrogen) atoms. The third-order valence-corrected chi connectivity index (χ3v) is 3.51. The minimum atomic E-state index is 0.468. The van der Waals surface area contributed by atoms with Gasteiger partial charge in [-0.15, -0.1) is 0 Å². The van der Waals surface area contributed by atoms with E-state index in [0.717, 1.165) is 18.9 Å². The lowest BCUT2D eigenvalue weighted by Crippen LogP contribution is -2.42. The molecule has 0 aromatic carbocycles. The highest BCUT2D eigenvalue weighted by molar-refractivity contribution is 5.00. The molecule has 0 bridgehead atoms. The molecule has 2 rings (SSSR count). The summed E-state index contributed by atoms with van der Waals surface area (Å²) < 4.78 is 1.95. The number of nitrogens with two attached hydrogens (primary N) is 1. The van der Waals surface area contributed by atoms with Crippen molar-refractivity contribution in [1.29, 1.82) is 0 Å². The van der Waals surface area contributed by atoms with E-state index in [4.69, 9.17) is 5.73 Å². The minimum absolute atomic E-state index is 0.468. The van der Waals surface area contributed by atoms with Gasteiger partial charge in [-0.3, -0.25) is 4.68 Å². The van der Waals surface area contributed by atoms with Gasteiger partial charge in [0.25, 0.3) is 0 Å². The molecule has 1 aromatic heterocycles. The van der Waals surface area contributed by atoms with Crippen molar-refractivity contribution in [2.24, 2.45) is 18.7 Å². The number of likely N-dealkylation sites (N-methyl/N-ethyl adjacent to an activating group) is 1. The van der Waals surface area contributed by atoms with Crippen LogP contribution in [0.2, 0.25) is 0 Å². The van der Waals surface area contributed by atoms with E-state index in [2.05, 4.69) is 23.1 Å². The minimum Gasteiger partial charge on any atom is -0.328 e. The molecule has 1 aliphatic rings. The van der Waals surface area contributed by atoms with E-state index in [1.54, 1.807) is 0 Å². The Labute approximate surface area is 97.4 Å². The molecule has 0 spiro atoms. The topological polar surface area (TPSA) is 47.1 Å². The second-order valence-corrected chi connectivity index (χ2v) is 5.06. The number of nitrogens with zero attached hydrogens (tertiary/aromatic N) is 3. The summed E-state index contributed by atoms with van der Waals surface area (Å²) in [6, 6.07) is 2.56. The maximum Gasteiger partial charge on any atom is 0.0492 e. The van der Waals surface area contributed by atoms with Crippen LogP contribution in [-0.2, 0) is 13.5 Å². The van der Waals surface area contributed by atoms with Gasteiger partial charge < -0.3 is 10.6 Å². The first kappa shape index (κ1) is 11.6. The molecular formula is C12H22N4. The van der Waals surface area contributed by atoms with E-state index >= 15 is 0 Å². The smallest absolute Gasteiger partial charge is 0.0492 e. The van der Waals surface area contributed by atoms with Gasteiger partial charge in [-0.25, -0.2) is 0 Å². The zero-order chi connectivity index (χ0) is 11.5. The zero-order valence-corrected chi connectivity index (χ0v) is 10.3. The Bertz CT molecular complexity index is 328. The molecule has 90 valence electrons. The third kappa shape index (κ3) is 2.83. The standard InChI is InChI=1S/C12H22N4/c1-15(9-10-7-11(13)8-10)6-4-12-3-5-14-16(12)2/h3,5,10-11H,4,6-9,13H2,1-2H3. The van der Waals surface area contributed by atoms with Gasteiger partial charge in [-0.05, 0) is 31.9 Å². The molecule has 0 aliphatic heterocycles. The van der Waals surface area contributed by atoms with Crippen LogP contribution in [0.15, 0.2) is 12.3 Å². The number of aryl methyl sites for hydroxylation is 1. The van der Waals surface area contributed by atoms with Crippen LogP contribution in [0.1, 0.15) is 18.5 Å². The second kappa shape index (κ2) is 4.97. The first-order valence-electron chi connectivity index (χ1n) is 6.06. The zero-order valence-electron chi connectivity index (χ0n) is 10.3.